The summed E-state index contributed by atoms with van der Waals surface area (Å²) in [6.07, 6.45) is 6.57. The van der Waals surface area contributed by atoms with E-state index in [0.717, 1.165) is 15.7 Å². The van der Waals surface area contributed by atoms with Crippen molar-refractivity contribution in [1.82, 2.24) is 0 Å². The van der Waals surface area contributed by atoms with Gasteiger partial charge in [-0.2, -0.15) is 4.79 Å². The summed E-state index contributed by atoms with van der Waals surface area (Å²) in [4.78, 5) is 3.12. The average molecular weight is 232 g/mol. The van der Waals surface area contributed by atoms with Crippen LogP contribution in [0.15, 0.2) is 21.8 Å². The van der Waals surface area contributed by atoms with Crippen LogP contribution in [0.3, 0.4) is 0 Å². The Morgan fingerprint density at radius 2 is 2.44 bits per heavy atom. The predicted octanol–water partition coefficient (Wildman–Crippen LogP) is 1.94. The standard InChI is InChI=1S/C6H5IN2/c7-5-3-1-2-4-6(5)9-8/h1-3H,4H2. The van der Waals surface area contributed by atoms with Crippen LogP contribution in [0.5, 0.6) is 0 Å². The quantitative estimate of drug-likeness (QED) is 0.347. The average Bonchev–Trinajstić information content (AvgIpc) is 1.89. The van der Waals surface area contributed by atoms with Crippen molar-refractivity contribution in [3.05, 3.63) is 27.3 Å². The van der Waals surface area contributed by atoms with E-state index in [9.17, 15) is 0 Å². The van der Waals surface area contributed by atoms with Crippen LogP contribution in [0.1, 0.15) is 6.42 Å². The Hall–Kier alpha value is -0.410. The first-order chi connectivity index (χ1) is 4.34. The maximum absolute atomic E-state index is 8.37. The van der Waals surface area contributed by atoms with Crippen molar-refractivity contribution in [2.24, 2.45) is 0 Å². The summed E-state index contributed by atoms with van der Waals surface area (Å²) in [6.45, 7) is 0. The normalized spacial score (nSPS) is 17.0. The maximum Gasteiger partial charge on any atom is 0.308 e. The van der Waals surface area contributed by atoms with E-state index in [4.69, 9.17) is 5.53 Å². The first-order valence-corrected chi connectivity index (χ1v) is 3.66. The van der Waals surface area contributed by atoms with Crippen molar-refractivity contribution in [2.45, 2.75) is 6.42 Å². The largest absolute Gasteiger partial charge is 0.361 e. The molecule has 0 bridgehead atoms. The molecule has 0 N–H and O–H groups in total. The van der Waals surface area contributed by atoms with Crippen LogP contribution >= 0.6 is 22.6 Å². The lowest BCUT2D eigenvalue weighted by molar-refractivity contribution is -0.00554. The Morgan fingerprint density at radius 3 is 2.89 bits per heavy atom. The van der Waals surface area contributed by atoms with Crippen molar-refractivity contribution in [3.8, 4) is 0 Å². The van der Waals surface area contributed by atoms with E-state index in [-0.39, 0.29) is 0 Å². The Bertz CT molecular complexity index is 221. The van der Waals surface area contributed by atoms with E-state index in [2.05, 4.69) is 27.4 Å². The van der Waals surface area contributed by atoms with E-state index in [1.54, 1.807) is 0 Å². The molecule has 0 fully saturated rings. The zero-order chi connectivity index (χ0) is 6.69. The van der Waals surface area contributed by atoms with Crippen LogP contribution in [-0.2, 0) is 0 Å². The van der Waals surface area contributed by atoms with Gasteiger partial charge in [0.1, 0.15) is 0 Å². The van der Waals surface area contributed by atoms with E-state index in [1.165, 1.54) is 0 Å². The highest BCUT2D eigenvalue weighted by Crippen LogP contribution is 2.13. The molecule has 0 amide bonds. The fraction of sp³-hybridized carbons (Fsp3) is 0.167. The van der Waals surface area contributed by atoms with Gasteiger partial charge in [-0.15, -0.1) is 0 Å². The third-order valence-electron chi connectivity index (χ3n) is 1.09. The highest BCUT2D eigenvalue weighted by molar-refractivity contribution is 14.1. The molecule has 1 aliphatic carbocycles. The fourth-order valence-electron chi connectivity index (χ4n) is 0.614. The molecule has 0 aromatic carbocycles. The lowest BCUT2D eigenvalue weighted by atomic mass is 10.2. The van der Waals surface area contributed by atoms with Crippen molar-refractivity contribution >= 4 is 28.3 Å². The summed E-state index contributed by atoms with van der Waals surface area (Å²) in [6, 6.07) is 0. The van der Waals surface area contributed by atoms with Crippen molar-refractivity contribution in [2.75, 3.05) is 0 Å². The number of nitrogens with zero attached hydrogens (tertiary/aromatic N) is 2. The molecule has 0 saturated carbocycles. The lowest BCUT2D eigenvalue weighted by Gasteiger charge is -1.92. The third-order valence-corrected chi connectivity index (χ3v) is 2.07. The second kappa shape index (κ2) is 2.94. The van der Waals surface area contributed by atoms with E-state index in [1.807, 2.05) is 18.2 Å². The van der Waals surface area contributed by atoms with Crippen LogP contribution in [0.25, 0.3) is 5.53 Å². The molecule has 0 radical (unpaired) electrons. The Morgan fingerprint density at radius 1 is 1.67 bits per heavy atom. The number of halogens is 1. The summed E-state index contributed by atoms with van der Waals surface area (Å²) in [5.74, 6) is 0. The minimum atomic E-state index is 0.741. The molecule has 0 unspecified atom stereocenters. The molecular weight excluding hydrogens is 227 g/mol. The van der Waals surface area contributed by atoms with E-state index >= 15 is 0 Å². The van der Waals surface area contributed by atoms with Gasteiger partial charge in [0.05, 0.1) is 10.0 Å². The lowest BCUT2D eigenvalue weighted by Crippen LogP contribution is -1.99. The van der Waals surface area contributed by atoms with Gasteiger partial charge in [0.2, 0.25) is 0 Å². The minimum Gasteiger partial charge on any atom is -0.361 e. The second-order valence-electron chi connectivity index (χ2n) is 1.69. The number of hydrogen-bond donors (Lipinski definition) is 0. The zero-order valence-corrected chi connectivity index (χ0v) is 6.87. The van der Waals surface area contributed by atoms with Gasteiger partial charge in [0.15, 0.2) is 0 Å². The summed E-state index contributed by atoms with van der Waals surface area (Å²) >= 11 is 2.14. The summed E-state index contributed by atoms with van der Waals surface area (Å²) < 4.78 is 1.01. The van der Waals surface area contributed by atoms with Crippen molar-refractivity contribution in [3.63, 3.8) is 0 Å². The van der Waals surface area contributed by atoms with Crippen LogP contribution in [0, 0.1) is 0 Å². The van der Waals surface area contributed by atoms with Gasteiger partial charge >= 0.3 is 5.71 Å². The Kier molecular flexibility index (Phi) is 2.19. The SMILES string of the molecule is [N-]=[N+]=C1CC=CC=C1I. The predicted molar refractivity (Wildman–Crippen MR) is 44.5 cm³/mol. The minimum absolute atomic E-state index is 0.741. The van der Waals surface area contributed by atoms with Crippen molar-refractivity contribution < 1.29 is 4.79 Å². The first kappa shape index (κ1) is 6.71. The van der Waals surface area contributed by atoms with Gasteiger partial charge in [-0.05, 0) is 28.7 Å². The van der Waals surface area contributed by atoms with Gasteiger partial charge in [-0.1, -0.05) is 12.2 Å². The second-order valence-corrected chi connectivity index (χ2v) is 2.86. The summed E-state index contributed by atoms with van der Waals surface area (Å²) in [5.41, 5.74) is 9.12. The molecule has 9 heavy (non-hydrogen) atoms. The monoisotopic (exact) mass is 232 g/mol. The van der Waals surface area contributed by atoms with E-state index in [0.29, 0.717) is 0 Å². The Balaban J connectivity index is 2.96. The van der Waals surface area contributed by atoms with E-state index < -0.39 is 0 Å². The molecule has 0 atom stereocenters. The number of hydrogen-bond acceptors (Lipinski definition) is 0. The molecule has 0 heterocycles. The maximum atomic E-state index is 8.37. The van der Waals surface area contributed by atoms with Gasteiger partial charge in [0.25, 0.3) is 0 Å². The highest BCUT2D eigenvalue weighted by Gasteiger charge is 2.11. The molecule has 2 nitrogen and oxygen atoms in total. The highest BCUT2D eigenvalue weighted by atomic mass is 127. The van der Waals surface area contributed by atoms with Crippen LogP contribution in [0.4, 0.5) is 0 Å². The zero-order valence-electron chi connectivity index (χ0n) is 4.71. The molecule has 1 aliphatic rings. The Labute approximate surface area is 67.0 Å². The summed E-state index contributed by atoms with van der Waals surface area (Å²) in [5, 5.41) is 0. The molecule has 0 spiro atoms. The van der Waals surface area contributed by atoms with Gasteiger partial charge < -0.3 is 5.53 Å². The number of rotatable bonds is 0. The molecule has 0 aromatic heterocycles. The molecule has 0 aliphatic heterocycles. The smallest absolute Gasteiger partial charge is 0.308 e. The van der Waals surface area contributed by atoms with Crippen molar-refractivity contribution in [1.29, 1.82) is 0 Å². The number of allylic oxidation sites excluding steroid dienone is 4. The molecule has 1 rings (SSSR count). The first-order valence-electron chi connectivity index (χ1n) is 2.58. The molecule has 0 saturated heterocycles. The van der Waals surface area contributed by atoms with Gasteiger partial charge in [0, 0.05) is 0 Å². The van der Waals surface area contributed by atoms with Crippen LogP contribution in [-0.4, -0.2) is 10.5 Å². The fourth-order valence-corrected chi connectivity index (χ4v) is 1.15. The van der Waals surface area contributed by atoms with Gasteiger partial charge in [-0.3, -0.25) is 0 Å². The van der Waals surface area contributed by atoms with Crippen LogP contribution in [0.2, 0.25) is 0 Å². The molecule has 46 valence electrons. The van der Waals surface area contributed by atoms with Crippen LogP contribution < -0.4 is 0 Å². The summed E-state index contributed by atoms with van der Waals surface area (Å²) in [7, 11) is 0. The third kappa shape index (κ3) is 1.50. The molecule has 0 aromatic rings. The topological polar surface area (TPSA) is 36.4 Å². The van der Waals surface area contributed by atoms with Gasteiger partial charge in [-0.25, -0.2) is 0 Å². The molecule has 3 heteroatoms. The molecular formula is C6H5IN2.